The van der Waals surface area contributed by atoms with Crippen LogP contribution in [0.4, 0.5) is 11.6 Å². The molecule has 0 spiro atoms. The Morgan fingerprint density at radius 1 is 1.11 bits per heavy atom. The average molecular weight is 562 g/mol. The van der Waals surface area contributed by atoms with Crippen LogP contribution in [-0.2, 0) is 10.5 Å². The zero-order valence-electron chi connectivity index (χ0n) is 19.7. The molecule has 2 N–H and O–H groups in total. The largest absolute Gasteiger partial charge is 0.497 e. The van der Waals surface area contributed by atoms with Crippen LogP contribution in [0.1, 0.15) is 24.1 Å². The first kappa shape index (κ1) is 24.1. The number of methoxy groups -OCH3 is 1. The van der Waals surface area contributed by atoms with Gasteiger partial charge in [0.25, 0.3) is 5.91 Å². The van der Waals surface area contributed by atoms with Gasteiger partial charge in [0.1, 0.15) is 11.8 Å². The summed E-state index contributed by atoms with van der Waals surface area (Å²) in [5, 5.41) is 11.8. The Balaban J connectivity index is 1.48. The van der Waals surface area contributed by atoms with Crippen LogP contribution in [0.25, 0.3) is 0 Å². The molecule has 2 heterocycles. The quantitative estimate of drug-likeness (QED) is 0.259. The Labute approximate surface area is 222 Å². The van der Waals surface area contributed by atoms with E-state index in [1.54, 1.807) is 23.6 Å². The third-order valence-electron chi connectivity index (χ3n) is 5.80. The first-order valence-corrected chi connectivity index (χ1v) is 13.1. The SMILES string of the molecule is COc1ccc(NC(=O)C2=C(C)Nc3nc(SCc4ccccc4)nn3C2c2cccc(Br)c2)cc1. The third kappa shape index (κ3) is 5.17. The highest BCUT2D eigenvalue weighted by atomic mass is 79.9. The number of thioether (sulfide) groups is 1. The Kier molecular flexibility index (Phi) is 7.11. The van der Waals surface area contributed by atoms with Gasteiger partial charge in [-0.1, -0.05) is 70.2 Å². The van der Waals surface area contributed by atoms with Crippen molar-refractivity contribution in [1.82, 2.24) is 14.8 Å². The van der Waals surface area contributed by atoms with E-state index >= 15 is 0 Å². The second kappa shape index (κ2) is 10.6. The lowest BCUT2D eigenvalue weighted by Crippen LogP contribution is -2.31. The van der Waals surface area contributed by atoms with Gasteiger partial charge < -0.3 is 15.4 Å². The van der Waals surface area contributed by atoms with Gasteiger partial charge in [-0.15, -0.1) is 5.10 Å². The van der Waals surface area contributed by atoms with E-state index in [1.165, 1.54) is 5.56 Å². The van der Waals surface area contributed by atoms with Gasteiger partial charge in [-0.3, -0.25) is 4.79 Å². The highest BCUT2D eigenvalue weighted by Crippen LogP contribution is 2.37. The molecule has 1 unspecified atom stereocenters. The summed E-state index contributed by atoms with van der Waals surface area (Å²) in [4.78, 5) is 18.3. The zero-order chi connectivity index (χ0) is 25.1. The van der Waals surface area contributed by atoms with E-state index in [0.29, 0.717) is 22.4 Å². The van der Waals surface area contributed by atoms with Crippen molar-refractivity contribution in [3.05, 3.63) is 106 Å². The summed E-state index contributed by atoms with van der Waals surface area (Å²) in [6.07, 6.45) is 0. The van der Waals surface area contributed by atoms with Gasteiger partial charge in [-0.2, -0.15) is 4.98 Å². The molecule has 0 fully saturated rings. The van der Waals surface area contributed by atoms with Crippen molar-refractivity contribution in [2.24, 2.45) is 0 Å². The number of hydrogen-bond donors (Lipinski definition) is 2. The van der Waals surface area contributed by atoms with E-state index in [9.17, 15) is 4.79 Å². The van der Waals surface area contributed by atoms with Crippen molar-refractivity contribution < 1.29 is 9.53 Å². The fourth-order valence-corrected chi connectivity index (χ4v) is 5.27. The zero-order valence-corrected chi connectivity index (χ0v) is 22.1. The Morgan fingerprint density at radius 3 is 2.61 bits per heavy atom. The molecule has 0 radical (unpaired) electrons. The van der Waals surface area contributed by atoms with Gasteiger partial charge >= 0.3 is 0 Å². The number of nitrogens with one attached hydrogen (secondary N) is 2. The minimum absolute atomic E-state index is 0.213. The normalized spacial score (nSPS) is 14.7. The molecule has 0 aliphatic carbocycles. The monoisotopic (exact) mass is 561 g/mol. The van der Waals surface area contributed by atoms with Crippen LogP contribution in [0.15, 0.2) is 99.8 Å². The Bertz CT molecular complexity index is 1420. The summed E-state index contributed by atoms with van der Waals surface area (Å²) in [7, 11) is 1.61. The molecule has 0 bridgehead atoms. The van der Waals surface area contributed by atoms with Crippen molar-refractivity contribution in [3.63, 3.8) is 0 Å². The summed E-state index contributed by atoms with van der Waals surface area (Å²) < 4.78 is 7.95. The molecule has 36 heavy (non-hydrogen) atoms. The first-order chi connectivity index (χ1) is 17.5. The van der Waals surface area contributed by atoms with Gasteiger partial charge in [0.15, 0.2) is 0 Å². The van der Waals surface area contributed by atoms with Gasteiger partial charge in [-0.05, 0) is 54.4 Å². The number of rotatable bonds is 7. The number of allylic oxidation sites excluding steroid dienone is 1. The highest BCUT2D eigenvalue weighted by molar-refractivity contribution is 9.10. The molecule has 1 atom stereocenters. The van der Waals surface area contributed by atoms with Gasteiger partial charge in [0.05, 0.1) is 12.7 Å². The number of aromatic nitrogens is 3. The molecular weight excluding hydrogens is 538 g/mol. The number of ether oxygens (including phenoxy) is 1. The second-order valence-electron chi connectivity index (χ2n) is 8.24. The number of hydrogen-bond acceptors (Lipinski definition) is 6. The molecule has 7 nitrogen and oxygen atoms in total. The van der Waals surface area contributed by atoms with Crippen LogP contribution >= 0.6 is 27.7 Å². The van der Waals surface area contributed by atoms with Crippen molar-refractivity contribution in [3.8, 4) is 5.75 Å². The maximum Gasteiger partial charge on any atom is 0.255 e. The number of carbonyl (C=O) groups excluding carboxylic acids is 1. The highest BCUT2D eigenvalue weighted by Gasteiger charge is 2.34. The minimum atomic E-state index is -0.449. The molecule has 1 aliphatic heterocycles. The van der Waals surface area contributed by atoms with Crippen LogP contribution in [0.2, 0.25) is 0 Å². The topological polar surface area (TPSA) is 81.1 Å². The lowest BCUT2D eigenvalue weighted by atomic mass is 9.95. The van der Waals surface area contributed by atoms with Crippen LogP contribution < -0.4 is 15.4 Å². The third-order valence-corrected chi connectivity index (χ3v) is 7.20. The summed E-state index contributed by atoms with van der Waals surface area (Å²) in [6, 6.07) is 24.9. The number of carbonyl (C=O) groups is 1. The molecular formula is C27H24BrN5O2S. The van der Waals surface area contributed by atoms with E-state index < -0.39 is 6.04 Å². The molecule has 3 aromatic carbocycles. The lowest BCUT2D eigenvalue weighted by molar-refractivity contribution is -0.113. The lowest BCUT2D eigenvalue weighted by Gasteiger charge is -2.28. The van der Waals surface area contributed by atoms with Crippen molar-refractivity contribution >= 4 is 45.2 Å². The van der Waals surface area contributed by atoms with Gasteiger partial charge in [0, 0.05) is 21.6 Å². The number of halogens is 1. The van der Waals surface area contributed by atoms with Gasteiger partial charge in [-0.25, -0.2) is 4.68 Å². The van der Waals surface area contributed by atoms with Crippen LogP contribution in [-0.4, -0.2) is 27.8 Å². The first-order valence-electron chi connectivity index (χ1n) is 11.3. The molecule has 1 aliphatic rings. The fourth-order valence-electron chi connectivity index (χ4n) is 4.07. The summed E-state index contributed by atoms with van der Waals surface area (Å²) in [6.45, 7) is 1.89. The van der Waals surface area contributed by atoms with E-state index in [4.69, 9.17) is 14.8 Å². The molecule has 1 amide bonds. The number of amides is 1. The van der Waals surface area contributed by atoms with Crippen LogP contribution in [0.3, 0.4) is 0 Å². The second-order valence-corrected chi connectivity index (χ2v) is 10.1. The van der Waals surface area contributed by atoms with Crippen molar-refractivity contribution in [2.75, 3.05) is 17.7 Å². The predicted octanol–water partition coefficient (Wildman–Crippen LogP) is 6.27. The molecule has 182 valence electrons. The maximum absolute atomic E-state index is 13.6. The number of anilines is 2. The number of benzene rings is 3. The molecule has 1 aromatic heterocycles. The van der Waals surface area contributed by atoms with E-state index in [1.807, 2.05) is 73.7 Å². The van der Waals surface area contributed by atoms with Crippen LogP contribution in [0.5, 0.6) is 5.75 Å². The van der Waals surface area contributed by atoms with Crippen molar-refractivity contribution in [2.45, 2.75) is 23.9 Å². The van der Waals surface area contributed by atoms with E-state index in [-0.39, 0.29) is 5.91 Å². The van der Waals surface area contributed by atoms with E-state index in [0.717, 1.165) is 27.2 Å². The molecule has 0 saturated heterocycles. The summed E-state index contributed by atoms with van der Waals surface area (Å²) in [5.74, 6) is 1.87. The predicted molar refractivity (Wildman–Crippen MR) is 146 cm³/mol. The molecule has 0 saturated carbocycles. The number of fused-ring (bicyclic) bond motifs is 1. The van der Waals surface area contributed by atoms with Gasteiger partial charge in [0.2, 0.25) is 11.1 Å². The smallest absolute Gasteiger partial charge is 0.255 e. The molecule has 4 aromatic rings. The molecule has 5 rings (SSSR count). The minimum Gasteiger partial charge on any atom is -0.497 e. The standard InChI is InChI=1S/C27H24BrN5O2S/c1-17-23(25(34)30-21-11-13-22(35-2)14-12-21)24(19-9-6-10-20(28)15-19)33-26(29-17)31-27(32-33)36-16-18-7-4-3-5-8-18/h3-15,24H,16H2,1-2H3,(H,30,34)(H,29,31,32). The molecule has 9 heteroatoms. The summed E-state index contributed by atoms with van der Waals surface area (Å²) >= 11 is 5.13. The Hall–Kier alpha value is -3.56. The van der Waals surface area contributed by atoms with Crippen LogP contribution in [0, 0.1) is 0 Å². The Morgan fingerprint density at radius 2 is 1.89 bits per heavy atom. The summed E-state index contributed by atoms with van der Waals surface area (Å²) in [5.41, 5.74) is 4.10. The maximum atomic E-state index is 13.6. The number of nitrogens with zero attached hydrogens (tertiary/aromatic N) is 3. The van der Waals surface area contributed by atoms with Crippen molar-refractivity contribution in [1.29, 1.82) is 0 Å². The fraction of sp³-hybridized carbons (Fsp3) is 0.148. The average Bonchev–Trinajstić information content (AvgIpc) is 3.30. The van der Waals surface area contributed by atoms with E-state index in [2.05, 4.69) is 38.7 Å².